The summed E-state index contributed by atoms with van der Waals surface area (Å²) in [7, 11) is 0. The summed E-state index contributed by atoms with van der Waals surface area (Å²) in [4.78, 5) is 35.5. The number of ether oxygens (including phenoxy) is 3. The molecule has 0 saturated carbocycles. The zero-order chi connectivity index (χ0) is 23.2. The van der Waals surface area contributed by atoms with E-state index in [1.807, 2.05) is 13.8 Å². The van der Waals surface area contributed by atoms with Gasteiger partial charge in [-0.3, -0.25) is 14.7 Å². The molecular weight excluding hydrogens is 428 g/mol. The molecule has 4 heterocycles. The number of hydrogen-bond donors (Lipinski definition) is 2. The summed E-state index contributed by atoms with van der Waals surface area (Å²) in [6.45, 7) is 5.85. The highest BCUT2D eigenvalue weighted by atomic mass is 16.5. The molecule has 0 spiro atoms. The lowest BCUT2D eigenvalue weighted by atomic mass is 10.2. The molecule has 0 unspecified atom stereocenters. The van der Waals surface area contributed by atoms with Crippen molar-refractivity contribution >= 4 is 17.6 Å². The first-order chi connectivity index (χ1) is 16.0. The third kappa shape index (κ3) is 5.83. The van der Waals surface area contributed by atoms with Crippen LogP contribution in [0.1, 0.15) is 34.6 Å². The summed E-state index contributed by atoms with van der Waals surface area (Å²) in [5.74, 6) is 0.537. The molecule has 1 aliphatic heterocycles. The van der Waals surface area contributed by atoms with E-state index in [-0.39, 0.29) is 41.1 Å². The molecule has 1 aliphatic rings. The van der Waals surface area contributed by atoms with Crippen LogP contribution in [-0.2, 0) is 4.74 Å². The van der Waals surface area contributed by atoms with E-state index in [4.69, 9.17) is 14.2 Å². The molecule has 1 saturated heterocycles. The minimum Gasteiger partial charge on any atom is -0.475 e. The lowest BCUT2D eigenvalue weighted by Crippen LogP contribution is -2.40. The summed E-state index contributed by atoms with van der Waals surface area (Å²) in [6, 6.07) is 7.85. The third-order valence-electron chi connectivity index (χ3n) is 4.64. The van der Waals surface area contributed by atoms with E-state index < -0.39 is 0 Å². The SMILES string of the molecule is CC(C)Oc1cc(C(=O)Nc2ccn[nH]2)cc(Oc2ccc(C(=O)N3CCOCC3)cn2)n1. The largest absolute Gasteiger partial charge is 0.475 e. The van der Waals surface area contributed by atoms with E-state index in [9.17, 15) is 9.59 Å². The van der Waals surface area contributed by atoms with Gasteiger partial charge in [0, 0.05) is 43.6 Å². The number of nitrogens with zero attached hydrogens (tertiary/aromatic N) is 4. The second kappa shape index (κ2) is 10.1. The first kappa shape index (κ1) is 22.2. The normalized spacial score (nSPS) is 13.6. The predicted molar refractivity (Wildman–Crippen MR) is 118 cm³/mol. The summed E-state index contributed by atoms with van der Waals surface area (Å²) >= 11 is 0. The average molecular weight is 452 g/mol. The monoisotopic (exact) mass is 452 g/mol. The van der Waals surface area contributed by atoms with E-state index in [1.54, 1.807) is 23.1 Å². The standard InChI is InChI=1S/C22H24N6O5/c1-14(2)32-19-11-16(21(29)25-17-5-6-24-27-17)12-20(26-19)33-18-4-3-15(13-23-18)22(30)28-7-9-31-10-8-28/h3-6,11-14H,7-10H2,1-2H3,(H2,24,25,27,29). The van der Waals surface area contributed by atoms with Crippen molar-refractivity contribution < 1.29 is 23.8 Å². The predicted octanol–water partition coefficient (Wildman–Crippen LogP) is 2.50. The van der Waals surface area contributed by atoms with Crippen molar-refractivity contribution in [2.24, 2.45) is 0 Å². The number of carbonyl (C=O) groups excluding carboxylic acids is 2. The van der Waals surface area contributed by atoms with Gasteiger partial charge in [-0.15, -0.1) is 0 Å². The zero-order valence-electron chi connectivity index (χ0n) is 18.3. The molecule has 2 amide bonds. The number of amides is 2. The average Bonchev–Trinajstić information content (AvgIpc) is 3.32. The minimum absolute atomic E-state index is 0.111. The van der Waals surface area contributed by atoms with Gasteiger partial charge >= 0.3 is 0 Å². The van der Waals surface area contributed by atoms with Crippen molar-refractivity contribution in [3.8, 4) is 17.6 Å². The van der Waals surface area contributed by atoms with Gasteiger partial charge in [0.2, 0.25) is 17.6 Å². The quantitative estimate of drug-likeness (QED) is 0.559. The maximum atomic E-state index is 12.7. The number of morpholine rings is 1. The van der Waals surface area contributed by atoms with Gasteiger partial charge in [-0.25, -0.2) is 4.98 Å². The highest BCUT2D eigenvalue weighted by Gasteiger charge is 2.19. The molecule has 3 aromatic heterocycles. The Morgan fingerprint density at radius 2 is 1.88 bits per heavy atom. The van der Waals surface area contributed by atoms with Crippen LogP contribution >= 0.6 is 0 Å². The third-order valence-corrected chi connectivity index (χ3v) is 4.64. The molecule has 172 valence electrons. The van der Waals surface area contributed by atoms with Crippen molar-refractivity contribution in [3.05, 3.63) is 53.9 Å². The number of anilines is 1. The number of H-pyrrole nitrogens is 1. The second-order valence-corrected chi connectivity index (χ2v) is 7.52. The van der Waals surface area contributed by atoms with Crippen LogP contribution in [0, 0.1) is 0 Å². The molecule has 0 aliphatic carbocycles. The Kier molecular flexibility index (Phi) is 6.79. The Hall–Kier alpha value is -3.99. The van der Waals surface area contributed by atoms with Crippen molar-refractivity contribution in [1.82, 2.24) is 25.1 Å². The number of hydrogen-bond acceptors (Lipinski definition) is 8. The lowest BCUT2D eigenvalue weighted by molar-refractivity contribution is 0.0302. The number of carbonyl (C=O) groups is 2. The Bertz CT molecular complexity index is 1090. The molecule has 0 radical (unpaired) electrons. The van der Waals surface area contributed by atoms with Crippen LogP contribution in [0.15, 0.2) is 42.7 Å². The van der Waals surface area contributed by atoms with Crippen LogP contribution < -0.4 is 14.8 Å². The topological polar surface area (TPSA) is 132 Å². The molecule has 11 nitrogen and oxygen atoms in total. The van der Waals surface area contributed by atoms with Gasteiger partial charge < -0.3 is 24.4 Å². The van der Waals surface area contributed by atoms with Gasteiger partial charge in [0.1, 0.15) is 5.82 Å². The van der Waals surface area contributed by atoms with Crippen molar-refractivity contribution in [3.63, 3.8) is 0 Å². The van der Waals surface area contributed by atoms with E-state index >= 15 is 0 Å². The first-order valence-corrected chi connectivity index (χ1v) is 10.5. The Labute approximate surface area is 190 Å². The lowest BCUT2D eigenvalue weighted by Gasteiger charge is -2.26. The summed E-state index contributed by atoms with van der Waals surface area (Å²) in [5, 5.41) is 9.17. The van der Waals surface area contributed by atoms with E-state index in [0.29, 0.717) is 37.7 Å². The van der Waals surface area contributed by atoms with Crippen molar-refractivity contribution in [1.29, 1.82) is 0 Å². The smallest absolute Gasteiger partial charge is 0.257 e. The maximum Gasteiger partial charge on any atom is 0.257 e. The van der Waals surface area contributed by atoms with Crippen LogP contribution in [0.3, 0.4) is 0 Å². The molecule has 0 bridgehead atoms. The second-order valence-electron chi connectivity index (χ2n) is 7.52. The van der Waals surface area contributed by atoms with E-state index in [2.05, 4.69) is 25.5 Å². The van der Waals surface area contributed by atoms with Crippen LogP contribution in [-0.4, -0.2) is 69.3 Å². The minimum atomic E-state index is -0.389. The molecule has 4 rings (SSSR count). The van der Waals surface area contributed by atoms with E-state index in [0.717, 1.165) is 0 Å². The van der Waals surface area contributed by atoms with Crippen LogP contribution in [0.5, 0.6) is 17.6 Å². The number of rotatable bonds is 7. The molecule has 0 atom stereocenters. The number of nitrogens with one attached hydrogen (secondary N) is 2. The van der Waals surface area contributed by atoms with Crippen molar-refractivity contribution in [2.45, 2.75) is 20.0 Å². The van der Waals surface area contributed by atoms with Gasteiger partial charge in [0.05, 0.1) is 36.6 Å². The fourth-order valence-corrected chi connectivity index (χ4v) is 3.11. The zero-order valence-corrected chi connectivity index (χ0v) is 18.3. The summed E-state index contributed by atoms with van der Waals surface area (Å²) in [5.41, 5.74) is 0.734. The molecular formula is C22H24N6O5. The molecule has 33 heavy (non-hydrogen) atoms. The highest BCUT2D eigenvalue weighted by Crippen LogP contribution is 2.24. The van der Waals surface area contributed by atoms with Crippen LogP contribution in [0.2, 0.25) is 0 Å². The number of pyridine rings is 2. The van der Waals surface area contributed by atoms with Gasteiger partial charge in [0.15, 0.2) is 0 Å². The Balaban J connectivity index is 1.51. The molecule has 3 aromatic rings. The van der Waals surface area contributed by atoms with Gasteiger partial charge in [-0.2, -0.15) is 10.1 Å². The van der Waals surface area contributed by atoms with Gasteiger partial charge in [-0.1, -0.05) is 0 Å². The number of aromatic nitrogens is 4. The first-order valence-electron chi connectivity index (χ1n) is 10.5. The molecule has 2 N–H and O–H groups in total. The fourth-order valence-electron chi connectivity index (χ4n) is 3.11. The highest BCUT2D eigenvalue weighted by molar-refractivity contribution is 6.04. The fraction of sp³-hybridized carbons (Fsp3) is 0.318. The summed E-state index contributed by atoms with van der Waals surface area (Å²) in [6.07, 6.45) is 2.83. The Morgan fingerprint density at radius 1 is 1.09 bits per heavy atom. The molecule has 0 aromatic carbocycles. The maximum absolute atomic E-state index is 12.7. The van der Waals surface area contributed by atoms with Crippen molar-refractivity contribution in [2.75, 3.05) is 31.6 Å². The number of aromatic amines is 1. The van der Waals surface area contributed by atoms with Gasteiger partial charge in [0.25, 0.3) is 11.8 Å². The van der Waals surface area contributed by atoms with Crippen LogP contribution in [0.25, 0.3) is 0 Å². The van der Waals surface area contributed by atoms with Gasteiger partial charge in [-0.05, 0) is 19.9 Å². The molecule has 11 heteroatoms. The van der Waals surface area contributed by atoms with Crippen LogP contribution in [0.4, 0.5) is 5.82 Å². The van der Waals surface area contributed by atoms with E-state index in [1.165, 1.54) is 24.5 Å². The summed E-state index contributed by atoms with van der Waals surface area (Å²) < 4.78 is 16.7. The Morgan fingerprint density at radius 3 is 2.55 bits per heavy atom. The molecule has 1 fully saturated rings.